The Morgan fingerprint density at radius 1 is 1.42 bits per heavy atom. The zero-order valence-corrected chi connectivity index (χ0v) is 9.06. The van der Waals surface area contributed by atoms with E-state index in [2.05, 4.69) is 6.26 Å². The van der Waals surface area contributed by atoms with Gasteiger partial charge in [-0.3, -0.25) is 0 Å². The smallest absolute Gasteiger partial charge is 0.0774 e. The lowest BCUT2D eigenvalue weighted by Crippen LogP contribution is -2.18. The Labute approximate surface area is 79.7 Å². The second kappa shape index (κ2) is 7.90. The van der Waals surface area contributed by atoms with Gasteiger partial charge in [0.2, 0.25) is 0 Å². The summed E-state index contributed by atoms with van der Waals surface area (Å²) in [5.74, 6) is 1.12. The molecule has 0 aliphatic rings. The number of aliphatic hydroxyl groups is 1. The summed E-state index contributed by atoms with van der Waals surface area (Å²) in [5, 5.41) is 9.39. The van der Waals surface area contributed by atoms with Crippen molar-refractivity contribution in [1.29, 1.82) is 0 Å². The summed E-state index contributed by atoms with van der Waals surface area (Å²) in [4.78, 5) is 0. The Hall–Kier alpha value is 0.270. The van der Waals surface area contributed by atoms with Gasteiger partial charge >= 0.3 is 0 Å². The van der Waals surface area contributed by atoms with E-state index in [0.29, 0.717) is 6.61 Å². The van der Waals surface area contributed by atoms with Crippen molar-refractivity contribution < 1.29 is 9.84 Å². The standard InChI is InChI=1S/C9H20O2S/c1-8(2)11-7-9(10)5-4-6-12-3/h8-10H,4-7H2,1-3H3. The summed E-state index contributed by atoms with van der Waals surface area (Å²) in [6.07, 6.45) is 3.95. The van der Waals surface area contributed by atoms with Gasteiger partial charge in [-0.1, -0.05) is 0 Å². The Balaban J connectivity index is 3.15. The molecule has 0 aromatic heterocycles. The van der Waals surface area contributed by atoms with Crippen LogP contribution < -0.4 is 0 Å². The number of hydrogen-bond donors (Lipinski definition) is 1. The van der Waals surface area contributed by atoms with Gasteiger partial charge in [0.05, 0.1) is 18.8 Å². The molecule has 0 fully saturated rings. The molecule has 0 aromatic carbocycles. The van der Waals surface area contributed by atoms with E-state index in [-0.39, 0.29) is 12.2 Å². The minimum absolute atomic E-state index is 0.222. The van der Waals surface area contributed by atoms with E-state index in [1.54, 1.807) is 0 Å². The van der Waals surface area contributed by atoms with Gasteiger partial charge in [-0.15, -0.1) is 0 Å². The molecule has 3 heteroatoms. The molecule has 0 radical (unpaired) electrons. The van der Waals surface area contributed by atoms with E-state index in [0.717, 1.165) is 18.6 Å². The normalized spacial score (nSPS) is 13.8. The number of ether oxygens (including phenoxy) is 1. The third kappa shape index (κ3) is 8.37. The van der Waals surface area contributed by atoms with Gasteiger partial charge in [0.25, 0.3) is 0 Å². The first kappa shape index (κ1) is 12.3. The first-order valence-corrected chi connectivity index (χ1v) is 5.84. The van der Waals surface area contributed by atoms with Crippen LogP contribution in [0.15, 0.2) is 0 Å². The van der Waals surface area contributed by atoms with Crippen LogP contribution in [0, 0.1) is 0 Å². The quantitative estimate of drug-likeness (QED) is 0.625. The zero-order valence-electron chi connectivity index (χ0n) is 8.25. The fraction of sp³-hybridized carbons (Fsp3) is 1.00. The summed E-state index contributed by atoms with van der Waals surface area (Å²) in [6, 6.07) is 0. The van der Waals surface area contributed by atoms with Crippen molar-refractivity contribution in [3.63, 3.8) is 0 Å². The molecular formula is C9H20O2S. The highest BCUT2D eigenvalue weighted by molar-refractivity contribution is 7.98. The topological polar surface area (TPSA) is 29.5 Å². The lowest BCUT2D eigenvalue weighted by atomic mass is 10.2. The highest BCUT2D eigenvalue weighted by Gasteiger charge is 2.04. The monoisotopic (exact) mass is 192 g/mol. The molecule has 0 aliphatic heterocycles. The Morgan fingerprint density at radius 3 is 2.58 bits per heavy atom. The largest absolute Gasteiger partial charge is 0.391 e. The maximum atomic E-state index is 9.39. The van der Waals surface area contributed by atoms with E-state index in [1.165, 1.54) is 0 Å². The van der Waals surface area contributed by atoms with Crippen LogP contribution in [0.1, 0.15) is 26.7 Å². The molecule has 0 saturated carbocycles. The van der Waals surface area contributed by atoms with Gasteiger partial charge in [0, 0.05) is 0 Å². The van der Waals surface area contributed by atoms with E-state index in [4.69, 9.17) is 4.74 Å². The maximum Gasteiger partial charge on any atom is 0.0774 e. The van der Waals surface area contributed by atoms with Crippen LogP contribution in [0.2, 0.25) is 0 Å². The van der Waals surface area contributed by atoms with Gasteiger partial charge in [-0.05, 0) is 38.7 Å². The van der Waals surface area contributed by atoms with Gasteiger partial charge in [0.15, 0.2) is 0 Å². The highest BCUT2D eigenvalue weighted by atomic mass is 32.2. The molecule has 1 atom stereocenters. The maximum absolute atomic E-state index is 9.39. The minimum atomic E-state index is -0.278. The van der Waals surface area contributed by atoms with Gasteiger partial charge in [-0.25, -0.2) is 0 Å². The Kier molecular flexibility index (Phi) is 8.07. The molecule has 0 heterocycles. The Bertz CT molecular complexity index is 96.5. The fourth-order valence-corrected chi connectivity index (χ4v) is 1.31. The minimum Gasteiger partial charge on any atom is -0.391 e. The average molecular weight is 192 g/mol. The molecule has 12 heavy (non-hydrogen) atoms. The molecule has 1 N–H and O–H groups in total. The second-order valence-corrected chi connectivity index (χ2v) is 4.16. The van der Waals surface area contributed by atoms with Gasteiger partial charge < -0.3 is 9.84 Å². The number of aliphatic hydroxyl groups excluding tert-OH is 1. The van der Waals surface area contributed by atoms with E-state index in [9.17, 15) is 5.11 Å². The number of thioether (sulfide) groups is 1. The predicted octanol–water partition coefficient (Wildman–Crippen LogP) is 1.92. The first-order chi connectivity index (χ1) is 5.66. The third-order valence-corrected chi connectivity index (χ3v) is 2.20. The lowest BCUT2D eigenvalue weighted by molar-refractivity contribution is 0.00260. The predicted molar refractivity (Wildman–Crippen MR) is 54.7 cm³/mol. The number of rotatable bonds is 7. The highest BCUT2D eigenvalue weighted by Crippen LogP contribution is 2.04. The molecular weight excluding hydrogens is 172 g/mol. The van der Waals surface area contributed by atoms with Crippen LogP contribution in [0.4, 0.5) is 0 Å². The molecule has 0 saturated heterocycles. The molecule has 0 spiro atoms. The zero-order chi connectivity index (χ0) is 9.40. The molecule has 0 bridgehead atoms. The molecule has 74 valence electrons. The summed E-state index contributed by atoms with van der Waals surface area (Å²) >= 11 is 1.82. The van der Waals surface area contributed by atoms with Crippen LogP contribution in [0.3, 0.4) is 0 Å². The van der Waals surface area contributed by atoms with Gasteiger partial charge in [0.1, 0.15) is 0 Å². The molecule has 0 aromatic rings. The van der Waals surface area contributed by atoms with Crippen molar-refractivity contribution in [3.05, 3.63) is 0 Å². The van der Waals surface area contributed by atoms with Crippen molar-refractivity contribution in [1.82, 2.24) is 0 Å². The summed E-state index contributed by atoms with van der Waals surface area (Å²) in [5.41, 5.74) is 0. The van der Waals surface area contributed by atoms with Crippen LogP contribution in [-0.2, 0) is 4.74 Å². The first-order valence-electron chi connectivity index (χ1n) is 4.45. The molecule has 0 amide bonds. The van der Waals surface area contributed by atoms with Crippen molar-refractivity contribution in [3.8, 4) is 0 Å². The van der Waals surface area contributed by atoms with Crippen molar-refractivity contribution >= 4 is 11.8 Å². The van der Waals surface area contributed by atoms with E-state index < -0.39 is 0 Å². The molecule has 1 unspecified atom stereocenters. The van der Waals surface area contributed by atoms with Crippen molar-refractivity contribution in [2.45, 2.75) is 38.9 Å². The number of hydrogen-bond acceptors (Lipinski definition) is 3. The van der Waals surface area contributed by atoms with Crippen LogP contribution in [0.5, 0.6) is 0 Å². The second-order valence-electron chi connectivity index (χ2n) is 3.17. The molecule has 0 rings (SSSR count). The molecule has 0 aliphatic carbocycles. The fourth-order valence-electron chi connectivity index (χ4n) is 0.850. The Morgan fingerprint density at radius 2 is 2.08 bits per heavy atom. The van der Waals surface area contributed by atoms with Crippen LogP contribution in [-0.4, -0.2) is 35.9 Å². The summed E-state index contributed by atoms with van der Waals surface area (Å²) < 4.78 is 5.28. The van der Waals surface area contributed by atoms with Crippen molar-refractivity contribution in [2.24, 2.45) is 0 Å². The summed E-state index contributed by atoms with van der Waals surface area (Å²) in [7, 11) is 0. The SMILES string of the molecule is CSCCCC(O)COC(C)C. The lowest BCUT2D eigenvalue weighted by Gasteiger charge is -2.12. The third-order valence-electron chi connectivity index (χ3n) is 1.51. The van der Waals surface area contributed by atoms with Crippen molar-refractivity contribution in [2.75, 3.05) is 18.6 Å². The van der Waals surface area contributed by atoms with Crippen LogP contribution >= 0.6 is 11.8 Å². The summed E-state index contributed by atoms with van der Waals surface area (Å²) in [6.45, 7) is 4.44. The van der Waals surface area contributed by atoms with Gasteiger partial charge in [-0.2, -0.15) is 11.8 Å². The molecule has 2 nitrogen and oxygen atoms in total. The average Bonchev–Trinajstić information content (AvgIpc) is 2.01. The van der Waals surface area contributed by atoms with Crippen LogP contribution in [0.25, 0.3) is 0 Å². The van der Waals surface area contributed by atoms with E-state index in [1.807, 2.05) is 25.6 Å². The van der Waals surface area contributed by atoms with E-state index >= 15 is 0 Å².